The van der Waals surface area contributed by atoms with Crippen LogP contribution < -0.4 is 5.73 Å². The maximum atomic E-state index is 13.1. The lowest BCUT2D eigenvalue weighted by Gasteiger charge is -2.30. The Kier molecular flexibility index (Phi) is 3.36. The molecule has 2 N–H and O–H groups in total. The van der Waals surface area contributed by atoms with Gasteiger partial charge in [-0.1, -0.05) is 18.9 Å². The third-order valence-electron chi connectivity index (χ3n) is 3.81. The minimum atomic E-state index is -4.54. The van der Waals surface area contributed by atoms with Crippen LogP contribution in [0.15, 0.2) is 18.2 Å². The second-order valence-corrected chi connectivity index (χ2v) is 4.88. The van der Waals surface area contributed by atoms with Crippen LogP contribution in [0.3, 0.4) is 0 Å². The van der Waals surface area contributed by atoms with Crippen molar-refractivity contribution in [1.29, 1.82) is 0 Å². The summed E-state index contributed by atoms with van der Waals surface area (Å²) in [6.07, 6.45) is -1.53. The number of benzene rings is 1. The van der Waals surface area contributed by atoms with Crippen LogP contribution in [0.4, 0.5) is 17.6 Å². The van der Waals surface area contributed by atoms with Gasteiger partial charge in [0.2, 0.25) is 0 Å². The van der Waals surface area contributed by atoms with E-state index in [1.165, 1.54) is 6.07 Å². The molecule has 0 amide bonds. The Morgan fingerprint density at radius 1 is 1.17 bits per heavy atom. The molecular formula is C13H15F4N. The predicted octanol–water partition coefficient (Wildman–Crippen LogP) is 3.62. The zero-order valence-electron chi connectivity index (χ0n) is 9.86. The van der Waals surface area contributed by atoms with Crippen LogP contribution in [0.1, 0.15) is 36.8 Å². The van der Waals surface area contributed by atoms with Crippen molar-refractivity contribution >= 4 is 0 Å². The highest BCUT2D eigenvalue weighted by atomic mass is 19.4. The van der Waals surface area contributed by atoms with Gasteiger partial charge in [0.25, 0.3) is 0 Å². The van der Waals surface area contributed by atoms with Gasteiger partial charge in [0.05, 0.1) is 5.56 Å². The molecule has 2 rings (SSSR count). The van der Waals surface area contributed by atoms with Gasteiger partial charge in [-0.05, 0) is 30.5 Å². The molecule has 5 heteroatoms. The van der Waals surface area contributed by atoms with E-state index in [4.69, 9.17) is 5.73 Å². The Bertz CT molecular complexity index is 433. The average molecular weight is 261 g/mol. The van der Waals surface area contributed by atoms with E-state index in [1.54, 1.807) is 0 Å². The van der Waals surface area contributed by atoms with E-state index < -0.39 is 23.0 Å². The molecule has 1 nitrogen and oxygen atoms in total. The zero-order chi connectivity index (χ0) is 13.4. The number of alkyl halides is 3. The Labute approximate surface area is 103 Å². The van der Waals surface area contributed by atoms with E-state index in [1.807, 2.05) is 0 Å². The molecule has 1 aliphatic carbocycles. The molecule has 0 atom stereocenters. The van der Waals surface area contributed by atoms with Gasteiger partial charge in [-0.3, -0.25) is 0 Å². The minimum Gasteiger partial charge on any atom is -0.330 e. The molecule has 0 spiro atoms. The van der Waals surface area contributed by atoms with Crippen molar-refractivity contribution in [2.24, 2.45) is 5.73 Å². The summed E-state index contributed by atoms with van der Waals surface area (Å²) < 4.78 is 52.0. The highest BCUT2D eigenvalue weighted by Crippen LogP contribution is 2.45. The Morgan fingerprint density at radius 3 is 2.28 bits per heavy atom. The first-order valence-corrected chi connectivity index (χ1v) is 5.96. The van der Waals surface area contributed by atoms with Crippen molar-refractivity contribution in [3.63, 3.8) is 0 Å². The number of halogens is 4. The van der Waals surface area contributed by atoms with Crippen LogP contribution in [-0.4, -0.2) is 6.54 Å². The Morgan fingerprint density at radius 2 is 1.78 bits per heavy atom. The molecule has 1 saturated carbocycles. The van der Waals surface area contributed by atoms with Gasteiger partial charge in [0, 0.05) is 12.0 Å². The Hall–Kier alpha value is -1.10. The Balaban J connectivity index is 2.56. The van der Waals surface area contributed by atoms with E-state index in [9.17, 15) is 17.6 Å². The monoisotopic (exact) mass is 261 g/mol. The number of hydrogen-bond donors (Lipinski definition) is 1. The molecule has 18 heavy (non-hydrogen) atoms. The highest BCUT2D eigenvalue weighted by molar-refractivity contribution is 5.38. The lowest BCUT2D eigenvalue weighted by molar-refractivity contribution is -0.139. The number of rotatable bonds is 2. The van der Waals surface area contributed by atoms with Gasteiger partial charge in [-0.25, -0.2) is 4.39 Å². The van der Waals surface area contributed by atoms with Crippen LogP contribution in [-0.2, 0) is 11.6 Å². The summed E-state index contributed by atoms with van der Waals surface area (Å²) in [5.41, 5.74) is 4.32. The van der Waals surface area contributed by atoms with E-state index in [-0.39, 0.29) is 12.1 Å². The third-order valence-corrected chi connectivity index (χ3v) is 3.81. The summed E-state index contributed by atoms with van der Waals surface area (Å²) in [6.45, 7) is 0.168. The van der Waals surface area contributed by atoms with Crippen molar-refractivity contribution in [1.82, 2.24) is 0 Å². The van der Waals surface area contributed by atoms with E-state index >= 15 is 0 Å². The number of hydrogen-bond acceptors (Lipinski definition) is 1. The van der Waals surface area contributed by atoms with Crippen molar-refractivity contribution in [3.8, 4) is 0 Å². The van der Waals surface area contributed by atoms with Gasteiger partial charge >= 0.3 is 6.18 Å². The molecule has 1 aromatic rings. The first-order valence-electron chi connectivity index (χ1n) is 5.96. The predicted molar refractivity (Wildman–Crippen MR) is 60.6 cm³/mol. The smallest absolute Gasteiger partial charge is 0.330 e. The van der Waals surface area contributed by atoms with Crippen LogP contribution in [0.25, 0.3) is 0 Å². The van der Waals surface area contributed by atoms with Crippen LogP contribution in [0.5, 0.6) is 0 Å². The zero-order valence-corrected chi connectivity index (χ0v) is 9.86. The van der Waals surface area contributed by atoms with Crippen molar-refractivity contribution in [3.05, 3.63) is 35.1 Å². The summed E-state index contributed by atoms with van der Waals surface area (Å²) in [5.74, 6) is -0.865. The number of nitrogens with two attached hydrogens (primary N) is 1. The molecule has 1 fully saturated rings. The molecule has 0 heterocycles. The van der Waals surface area contributed by atoms with Gasteiger partial charge in [-0.15, -0.1) is 0 Å². The highest BCUT2D eigenvalue weighted by Gasteiger charge is 2.42. The van der Waals surface area contributed by atoms with Crippen LogP contribution in [0, 0.1) is 5.82 Å². The maximum Gasteiger partial charge on any atom is 0.416 e. The quantitative estimate of drug-likeness (QED) is 0.808. The van der Waals surface area contributed by atoms with E-state index in [0.717, 1.165) is 18.9 Å². The molecule has 0 radical (unpaired) electrons. The fourth-order valence-corrected chi connectivity index (χ4v) is 2.85. The molecule has 0 aromatic heterocycles. The second kappa shape index (κ2) is 4.53. The van der Waals surface area contributed by atoms with Crippen molar-refractivity contribution < 1.29 is 17.6 Å². The maximum absolute atomic E-state index is 13.1. The first-order chi connectivity index (χ1) is 8.39. The molecule has 1 aliphatic rings. The normalized spacial score (nSPS) is 19.2. The van der Waals surface area contributed by atoms with E-state index in [2.05, 4.69) is 0 Å². The molecule has 1 aromatic carbocycles. The average Bonchev–Trinajstić information content (AvgIpc) is 2.77. The van der Waals surface area contributed by atoms with Crippen LogP contribution >= 0.6 is 0 Å². The first kappa shape index (κ1) is 13.3. The molecular weight excluding hydrogens is 246 g/mol. The summed E-state index contributed by atoms with van der Waals surface area (Å²) in [7, 11) is 0. The summed E-state index contributed by atoms with van der Waals surface area (Å²) in [5, 5.41) is 0. The lowest BCUT2D eigenvalue weighted by atomic mass is 9.76. The van der Waals surface area contributed by atoms with Gasteiger partial charge in [-0.2, -0.15) is 13.2 Å². The fraction of sp³-hybridized carbons (Fsp3) is 0.538. The van der Waals surface area contributed by atoms with Gasteiger partial charge in [0.1, 0.15) is 5.82 Å². The topological polar surface area (TPSA) is 26.0 Å². The van der Waals surface area contributed by atoms with Gasteiger partial charge in [0.15, 0.2) is 0 Å². The second-order valence-electron chi connectivity index (χ2n) is 4.88. The summed E-state index contributed by atoms with van der Waals surface area (Å²) in [6, 6.07) is 2.90. The van der Waals surface area contributed by atoms with Gasteiger partial charge < -0.3 is 5.73 Å². The molecule has 0 bridgehead atoms. The largest absolute Gasteiger partial charge is 0.416 e. The molecule has 0 saturated heterocycles. The standard InChI is InChI=1S/C13H15F4N/c14-9-3-4-10(11(7-9)13(15,16)17)12(8-18)5-1-2-6-12/h3-4,7H,1-2,5-6,8,18H2. The summed E-state index contributed by atoms with van der Waals surface area (Å²) in [4.78, 5) is 0. The van der Waals surface area contributed by atoms with Crippen LogP contribution in [0.2, 0.25) is 0 Å². The minimum absolute atomic E-state index is 0.149. The third kappa shape index (κ3) is 2.23. The van der Waals surface area contributed by atoms with Crippen molar-refractivity contribution in [2.45, 2.75) is 37.3 Å². The van der Waals surface area contributed by atoms with E-state index in [0.29, 0.717) is 18.9 Å². The fourth-order valence-electron chi connectivity index (χ4n) is 2.85. The van der Waals surface area contributed by atoms with Crippen molar-refractivity contribution in [2.75, 3.05) is 6.54 Å². The molecule has 0 unspecified atom stereocenters. The molecule has 100 valence electrons. The molecule has 0 aliphatic heterocycles. The summed E-state index contributed by atoms with van der Waals surface area (Å²) >= 11 is 0. The lowest BCUT2D eigenvalue weighted by Crippen LogP contribution is -2.34. The SMILES string of the molecule is NCC1(c2ccc(F)cc2C(F)(F)F)CCCC1.